The van der Waals surface area contributed by atoms with Crippen molar-refractivity contribution in [3.8, 4) is 0 Å². The first-order chi connectivity index (χ1) is 4.04. The highest BCUT2D eigenvalue weighted by Gasteiger charge is 2.06. The van der Waals surface area contributed by atoms with Crippen molar-refractivity contribution in [3.05, 3.63) is 12.2 Å². The average molecular weight is 130 g/mol. The Bertz CT molecular complexity index is 97.1. The number of hydrogen-bond acceptors (Lipinski definition) is 2. The molecule has 9 heavy (non-hydrogen) atoms. The van der Waals surface area contributed by atoms with Crippen LogP contribution in [0.1, 0.15) is 20.3 Å². The third-order valence-electron chi connectivity index (χ3n) is 1.13. The quantitative estimate of drug-likeness (QED) is 0.552. The van der Waals surface area contributed by atoms with Crippen molar-refractivity contribution in [2.24, 2.45) is 0 Å². The highest BCUT2D eigenvalue weighted by molar-refractivity contribution is 4.96. The maximum absolute atomic E-state index is 9.04. The molecule has 54 valence electrons. The predicted octanol–water partition coefficient (Wildman–Crippen LogP) is 0.694. The van der Waals surface area contributed by atoms with Gasteiger partial charge < -0.3 is 10.2 Å². The van der Waals surface area contributed by atoms with E-state index in [-0.39, 0.29) is 0 Å². The molecule has 0 aromatic heterocycles. The van der Waals surface area contributed by atoms with Gasteiger partial charge in [-0.25, -0.2) is 0 Å². The van der Waals surface area contributed by atoms with E-state index in [9.17, 15) is 0 Å². The van der Waals surface area contributed by atoms with Crippen LogP contribution < -0.4 is 0 Å². The maximum atomic E-state index is 9.04. The van der Waals surface area contributed by atoms with Crippen LogP contribution in [0.15, 0.2) is 12.2 Å². The van der Waals surface area contributed by atoms with E-state index in [2.05, 4.69) is 6.58 Å². The van der Waals surface area contributed by atoms with Crippen molar-refractivity contribution in [2.45, 2.75) is 32.5 Å². The molecule has 2 atom stereocenters. The monoisotopic (exact) mass is 130 g/mol. The summed E-state index contributed by atoms with van der Waals surface area (Å²) >= 11 is 0. The Morgan fingerprint density at radius 3 is 2.11 bits per heavy atom. The molecule has 2 unspecified atom stereocenters. The van der Waals surface area contributed by atoms with Crippen LogP contribution in [0.2, 0.25) is 0 Å². The maximum Gasteiger partial charge on any atom is 0.0769 e. The topological polar surface area (TPSA) is 40.5 Å². The lowest BCUT2D eigenvalue weighted by Crippen LogP contribution is -2.15. The summed E-state index contributed by atoms with van der Waals surface area (Å²) in [6, 6.07) is 0. The van der Waals surface area contributed by atoms with Gasteiger partial charge in [0.2, 0.25) is 0 Å². The molecule has 0 aromatic rings. The molecule has 0 spiro atoms. The van der Waals surface area contributed by atoms with Gasteiger partial charge in [-0.3, -0.25) is 0 Å². The van der Waals surface area contributed by atoms with Crippen LogP contribution in [-0.4, -0.2) is 22.4 Å². The number of aliphatic hydroxyl groups is 2. The third-order valence-corrected chi connectivity index (χ3v) is 1.13. The normalized spacial score (nSPS) is 16.9. The Hall–Kier alpha value is -0.340. The molecule has 0 saturated heterocycles. The summed E-state index contributed by atoms with van der Waals surface area (Å²) < 4.78 is 0. The average Bonchev–Trinajstić information content (AvgIpc) is 1.63. The summed E-state index contributed by atoms with van der Waals surface area (Å²) in [4.78, 5) is 0. The molecule has 0 heterocycles. The molecule has 2 nitrogen and oxygen atoms in total. The molecule has 0 radical (unpaired) electrons. The predicted molar refractivity (Wildman–Crippen MR) is 37.1 cm³/mol. The molecule has 0 bridgehead atoms. The van der Waals surface area contributed by atoms with Crippen molar-refractivity contribution < 1.29 is 10.2 Å². The molecule has 0 fully saturated rings. The molecular formula is C7H14O2. The van der Waals surface area contributed by atoms with Crippen LogP contribution in [0.4, 0.5) is 0 Å². The second-order valence-electron chi connectivity index (χ2n) is 2.45. The van der Waals surface area contributed by atoms with E-state index in [0.29, 0.717) is 12.0 Å². The van der Waals surface area contributed by atoms with Gasteiger partial charge in [-0.05, 0) is 13.8 Å². The molecule has 0 saturated carbocycles. The lowest BCUT2D eigenvalue weighted by atomic mass is 10.1. The zero-order chi connectivity index (χ0) is 7.44. The lowest BCUT2D eigenvalue weighted by Gasteiger charge is -2.10. The molecule has 0 aliphatic carbocycles. The third kappa shape index (κ3) is 4.18. The standard InChI is InChI=1S/C7H14O2/c1-5(2)7(9)4-6(3)8/h6-9H,1,4H2,2-3H3. The fourth-order valence-electron chi connectivity index (χ4n) is 0.524. The van der Waals surface area contributed by atoms with E-state index in [0.717, 1.165) is 0 Å². The number of hydrogen-bond donors (Lipinski definition) is 2. The van der Waals surface area contributed by atoms with Crippen LogP contribution in [-0.2, 0) is 0 Å². The van der Waals surface area contributed by atoms with E-state index in [1.165, 1.54) is 0 Å². The molecule has 0 aliphatic heterocycles. The minimum atomic E-state index is -0.551. The molecule has 0 rings (SSSR count). The molecule has 2 N–H and O–H groups in total. The van der Waals surface area contributed by atoms with Gasteiger partial charge in [0.05, 0.1) is 12.2 Å². The summed E-state index contributed by atoms with van der Waals surface area (Å²) in [7, 11) is 0. The zero-order valence-corrected chi connectivity index (χ0v) is 5.96. The van der Waals surface area contributed by atoms with Crippen LogP contribution in [0.25, 0.3) is 0 Å². The van der Waals surface area contributed by atoms with Gasteiger partial charge in [0.1, 0.15) is 0 Å². The highest BCUT2D eigenvalue weighted by atomic mass is 16.3. The first-order valence-electron chi connectivity index (χ1n) is 3.05. The van der Waals surface area contributed by atoms with Crippen LogP contribution in [0, 0.1) is 0 Å². The van der Waals surface area contributed by atoms with Crippen LogP contribution in [0.3, 0.4) is 0 Å². The molecule has 0 aliphatic rings. The van der Waals surface area contributed by atoms with Crippen LogP contribution >= 0.6 is 0 Å². The summed E-state index contributed by atoms with van der Waals surface area (Å²) in [6.07, 6.45) is -0.614. The smallest absolute Gasteiger partial charge is 0.0769 e. The Balaban J connectivity index is 3.50. The Kier molecular flexibility index (Phi) is 3.50. The van der Waals surface area contributed by atoms with Crippen molar-refractivity contribution >= 4 is 0 Å². The Labute approximate surface area is 55.8 Å². The van der Waals surface area contributed by atoms with Gasteiger partial charge in [-0.15, -0.1) is 0 Å². The van der Waals surface area contributed by atoms with Crippen molar-refractivity contribution in [1.29, 1.82) is 0 Å². The summed E-state index contributed by atoms with van der Waals surface area (Å²) in [6.45, 7) is 6.94. The van der Waals surface area contributed by atoms with E-state index >= 15 is 0 Å². The first-order valence-corrected chi connectivity index (χ1v) is 3.05. The van der Waals surface area contributed by atoms with Gasteiger partial charge in [0, 0.05) is 6.42 Å². The summed E-state index contributed by atoms with van der Waals surface area (Å²) in [5, 5.41) is 17.8. The van der Waals surface area contributed by atoms with Crippen LogP contribution in [0.5, 0.6) is 0 Å². The zero-order valence-electron chi connectivity index (χ0n) is 5.96. The largest absolute Gasteiger partial charge is 0.393 e. The minimum Gasteiger partial charge on any atom is -0.393 e. The van der Waals surface area contributed by atoms with E-state index < -0.39 is 12.2 Å². The van der Waals surface area contributed by atoms with Gasteiger partial charge in [0.25, 0.3) is 0 Å². The molecular weight excluding hydrogens is 116 g/mol. The second kappa shape index (κ2) is 3.64. The van der Waals surface area contributed by atoms with Gasteiger partial charge in [0.15, 0.2) is 0 Å². The molecule has 0 amide bonds. The number of aliphatic hydroxyl groups excluding tert-OH is 2. The first kappa shape index (κ1) is 8.66. The van der Waals surface area contributed by atoms with Gasteiger partial charge >= 0.3 is 0 Å². The Morgan fingerprint density at radius 2 is 2.00 bits per heavy atom. The highest BCUT2D eigenvalue weighted by Crippen LogP contribution is 2.04. The van der Waals surface area contributed by atoms with E-state index in [1.54, 1.807) is 13.8 Å². The fraction of sp³-hybridized carbons (Fsp3) is 0.714. The molecule has 2 heteroatoms. The number of rotatable bonds is 3. The molecule has 0 aromatic carbocycles. The fourth-order valence-corrected chi connectivity index (χ4v) is 0.524. The van der Waals surface area contributed by atoms with Gasteiger partial charge in [-0.2, -0.15) is 0 Å². The second-order valence-corrected chi connectivity index (χ2v) is 2.45. The summed E-state index contributed by atoms with van der Waals surface area (Å²) in [5.41, 5.74) is 0.705. The van der Waals surface area contributed by atoms with Crippen molar-refractivity contribution in [1.82, 2.24) is 0 Å². The van der Waals surface area contributed by atoms with Crippen molar-refractivity contribution in [2.75, 3.05) is 0 Å². The summed E-state index contributed by atoms with van der Waals surface area (Å²) in [5.74, 6) is 0. The van der Waals surface area contributed by atoms with E-state index in [4.69, 9.17) is 10.2 Å². The van der Waals surface area contributed by atoms with E-state index in [1.807, 2.05) is 0 Å². The van der Waals surface area contributed by atoms with Gasteiger partial charge in [-0.1, -0.05) is 12.2 Å². The Morgan fingerprint density at radius 1 is 1.56 bits per heavy atom. The van der Waals surface area contributed by atoms with Crippen molar-refractivity contribution in [3.63, 3.8) is 0 Å². The SMILES string of the molecule is C=C(C)C(O)CC(C)O. The minimum absolute atomic E-state index is 0.384. The lowest BCUT2D eigenvalue weighted by molar-refractivity contribution is 0.111.